The largest absolute Gasteiger partial charge is 0.435 e. The molecule has 1 unspecified atom stereocenters. The summed E-state index contributed by atoms with van der Waals surface area (Å²) >= 11 is 0. The Morgan fingerprint density at radius 2 is 1.75 bits per heavy atom. The van der Waals surface area contributed by atoms with Crippen molar-refractivity contribution < 1.29 is 23.1 Å². The zero-order valence-electron chi connectivity index (χ0n) is 24.5. The quantitative estimate of drug-likeness (QED) is 0.219. The number of fused-ring (bicyclic) bond motifs is 1. The Morgan fingerprint density at radius 3 is 2.43 bits per heavy atom. The predicted octanol–water partition coefficient (Wildman–Crippen LogP) is 3.79. The molecular weight excluding hydrogens is 570 g/mol. The molecule has 0 aliphatic carbocycles. The molecule has 44 heavy (non-hydrogen) atoms. The maximum Gasteiger partial charge on any atom is 0.387 e. The normalized spacial score (nSPS) is 14.2. The molecule has 3 heterocycles. The fraction of sp³-hybridized carbons (Fsp3) is 0.355. The van der Waals surface area contributed by atoms with E-state index in [0.717, 1.165) is 35.3 Å². The lowest BCUT2D eigenvalue weighted by molar-refractivity contribution is -0.134. The van der Waals surface area contributed by atoms with Gasteiger partial charge in [-0.1, -0.05) is 6.42 Å². The van der Waals surface area contributed by atoms with Crippen LogP contribution in [-0.2, 0) is 4.79 Å². The van der Waals surface area contributed by atoms with Gasteiger partial charge in [0.2, 0.25) is 5.91 Å². The minimum atomic E-state index is -2.89. The van der Waals surface area contributed by atoms with Crippen LogP contribution in [0.1, 0.15) is 35.2 Å². The summed E-state index contributed by atoms with van der Waals surface area (Å²) in [4.78, 5) is 38.5. The maximum absolute atomic E-state index is 13.4. The summed E-state index contributed by atoms with van der Waals surface area (Å²) in [5.41, 5.74) is 15.8. The molecule has 1 atom stereocenters. The zero-order chi connectivity index (χ0) is 31.2. The predicted molar refractivity (Wildman–Crippen MR) is 163 cm³/mol. The molecule has 11 nitrogen and oxygen atoms in total. The number of nitrogens with two attached hydrogens (primary N) is 2. The summed E-state index contributed by atoms with van der Waals surface area (Å²) in [5.74, 6) is 0.422. The summed E-state index contributed by atoms with van der Waals surface area (Å²) in [6.07, 6.45) is 7.35. The fourth-order valence-corrected chi connectivity index (χ4v) is 5.31. The van der Waals surface area contributed by atoms with Gasteiger partial charge in [-0.25, -0.2) is 9.97 Å². The van der Waals surface area contributed by atoms with Crippen LogP contribution in [0.2, 0.25) is 0 Å². The first-order chi connectivity index (χ1) is 21.2. The number of hydrogen-bond acceptors (Lipinski definition) is 8. The molecule has 2 aromatic carbocycles. The molecule has 2 aromatic heterocycles. The number of halogens is 2. The number of piperazine rings is 1. The highest BCUT2D eigenvalue weighted by molar-refractivity contribution is 5.96. The van der Waals surface area contributed by atoms with Gasteiger partial charge >= 0.3 is 6.61 Å². The highest BCUT2D eigenvalue weighted by atomic mass is 19.3. The van der Waals surface area contributed by atoms with Gasteiger partial charge in [0.1, 0.15) is 5.75 Å². The average Bonchev–Trinajstić information content (AvgIpc) is 3.46. The van der Waals surface area contributed by atoms with Crippen LogP contribution in [0.15, 0.2) is 61.1 Å². The minimum Gasteiger partial charge on any atom is -0.435 e. The number of carbonyl (C=O) groups is 2. The van der Waals surface area contributed by atoms with E-state index < -0.39 is 12.7 Å². The van der Waals surface area contributed by atoms with Gasteiger partial charge in [0.05, 0.1) is 17.9 Å². The van der Waals surface area contributed by atoms with Crippen LogP contribution in [0.5, 0.6) is 5.75 Å². The summed E-state index contributed by atoms with van der Waals surface area (Å²) < 4.78 is 31.3. The second kappa shape index (κ2) is 13.8. The van der Waals surface area contributed by atoms with Gasteiger partial charge in [-0.2, -0.15) is 8.78 Å². The molecule has 1 aliphatic rings. The van der Waals surface area contributed by atoms with Crippen LogP contribution in [-0.4, -0.2) is 81.4 Å². The Balaban J connectivity index is 1.23. The molecule has 0 saturated carbocycles. The second-order valence-electron chi connectivity index (χ2n) is 10.7. The lowest BCUT2D eigenvalue weighted by atomic mass is 10.1. The molecule has 1 aliphatic heterocycles. The van der Waals surface area contributed by atoms with Gasteiger partial charge in [0.25, 0.3) is 5.91 Å². The molecule has 4 aromatic rings. The highest BCUT2D eigenvalue weighted by Crippen LogP contribution is 2.28. The Bertz CT molecular complexity index is 1600. The standard InChI is InChI=1S/C31H36F2N8O3/c1-20-18-22(7-10-24(20)29(42)39-14-16-40(17-15-39)30(43)25(35)4-2-3-11-34)38-27-28-37-19-26(41(28)13-12-36-27)21-5-8-23(9-6-21)44-31(32)33/h5-10,12-13,18-19,25,31H,2-4,11,14-17,34-35H2,1H3,(H,36,38). The van der Waals surface area contributed by atoms with E-state index in [-0.39, 0.29) is 17.6 Å². The first-order valence-electron chi connectivity index (χ1n) is 14.5. The van der Waals surface area contributed by atoms with Crippen LogP contribution in [0.3, 0.4) is 0 Å². The Kier molecular flexibility index (Phi) is 9.65. The van der Waals surface area contributed by atoms with Crippen molar-refractivity contribution in [3.63, 3.8) is 0 Å². The number of aromatic nitrogens is 3. The molecule has 232 valence electrons. The molecule has 5 rings (SSSR count). The van der Waals surface area contributed by atoms with Gasteiger partial charge in [0, 0.05) is 55.4 Å². The number of anilines is 2. The minimum absolute atomic E-state index is 0.0747. The van der Waals surface area contributed by atoms with E-state index in [1.807, 2.05) is 23.5 Å². The first kappa shape index (κ1) is 30.8. The molecule has 1 fully saturated rings. The van der Waals surface area contributed by atoms with Crippen LogP contribution >= 0.6 is 0 Å². The SMILES string of the molecule is Cc1cc(Nc2nccn3c(-c4ccc(OC(F)F)cc4)cnc23)ccc1C(=O)N1CCN(C(=O)C(N)CCCCN)CC1. The number of hydrogen-bond donors (Lipinski definition) is 3. The molecule has 0 radical (unpaired) electrons. The van der Waals surface area contributed by atoms with Crippen molar-refractivity contribution in [2.75, 3.05) is 38.0 Å². The molecule has 0 spiro atoms. The molecule has 1 saturated heterocycles. The van der Waals surface area contributed by atoms with E-state index in [2.05, 4.69) is 20.0 Å². The number of aryl methyl sites for hydroxylation is 1. The van der Waals surface area contributed by atoms with Crippen molar-refractivity contribution in [3.8, 4) is 17.0 Å². The van der Waals surface area contributed by atoms with Gasteiger partial charge in [0.15, 0.2) is 11.5 Å². The summed E-state index contributed by atoms with van der Waals surface area (Å²) in [6, 6.07) is 11.3. The number of ether oxygens (including phenoxy) is 1. The third-order valence-electron chi connectivity index (χ3n) is 7.69. The molecule has 13 heteroatoms. The monoisotopic (exact) mass is 606 g/mol. The van der Waals surface area contributed by atoms with E-state index in [4.69, 9.17) is 11.5 Å². The molecule has 0 bridgehead atoms. The number of benzene rings is 2. The summed E-state index contributed by atoms with van der Waals surface area (Å²) in [6.45, 7) is 1.35. The Labute approximate surface area is 253 Å². The topological polar surface area (TPSA) is 144 Å². The van der Waals surface area contributed by atoms with Crippen LogP contribution in [0.4, 0.5) is 20.3 Å². The highest BCUT2D eigenvalue weighted by Gasteiger charge is 2.28. The average molecular weight is 607 g/mol. The van der Waals surface area contributed by atoms with Crippen molar-refractivity contribution in [1.29, 1.82) is 0 Å². The van der Waals surface area contributed by atoms with Crippen molar-refractivity contribution in [1.82, 2.24) is 24.2 Å². The van der Waals surface area contributed by atoms with E-state index in [9.17, 15) is 18.4 Å². The Morgan fingerprint density at radius 1 is 1.02 bits per heavy atom. The third kappa shape index (κ3) is 6.95. The lowest BCUT2D eigenvalue weighted by Crippen LogP contribution is -2.54. The fourth-order valence-electron chi connectivity index (χ4n) is 5.31. The van der Waals surface area contributed by atoms with Crippen molar-refractivity contribution >= 4 is 29.0 Å². The second-order valence-corrected chi connectivity index (χ2v) is 10.7. The number of carbonyl (C=O) groups excluding carboxylic acids is 2. The number of rotatable bonds is 11. The maximum atomic E-state index is 13.4. The smallest absolute Gasteiger partial charge is 0.387 e. The lowest BCUT2D eigenvalue weighted by Gasteiger charge is -2.36. The first-order valence-corrected chi connectivity index (χ1v) is 14.5. The van der Waals surface area contributed by atoms with Crippen molar-refractivity contribution in [3.05, 3.63) is 72.2 Å². The molecule has 5 N–H and O–H groups in total. The van der Waals surface area contributed by atoms with E-state index in [1.165, 1.54) is 12.1 Å². The number of amides is 2. The van der Waals surface area contributed by atoms with Crippen LogP contribution in [0.25, 0.3) is 16.9 Å². The van der Waals surface area contributed by atoms with E-state index >= 15 is 0 Å². The van der Waals surface area contributed by atoms with Crippen LogP contribution in [0, 0.1) is 6.92 Å². The van der Waals surface area contributed by atoms with Gasteiger partial charge < -0.3 is 31.3 Å². The summed E-state index contributed by atoms with van der Waals surface area (Å²) in [5, 5.41) is 3.29. The number of unbranched alkanes of at least 4 members (excludes halogenated alkanes) is 1. The van der Waals surface area contributed by atoms with Crippen molar-refractivity contribution in [2.45, 2.75) is 38.8 Å². The summed E-state index contributed by atoms with van der Waals surface area (Å²) in [7, 11) is 0. The van der Waals surface area contributed by atoms with E-state index in [1.54, 1.807) is 46.6 Å². The molecular formula is C31H36F2N8O3. The molecule has 2 amide bonds. The number of alkyl halides is 2. The van der Waals surface area contributed by atoms with Gasteiger partial charge in [-0.05, 0) is 74.3 Å². The van der Waals surface area contributed by atoms with Gasteiger partial charge in [-0.3, -0.25) is 14.0 Å². The van der Waals surface area contributed by atoms with Crippen LogP contribution < -0.4 is 21.5 Å². The number of nitrogens with zero attached hydrogens (tertiary/aromatic N) is 5. The number of imidazole rings is 1. The van der Waals surface area contributed by atoms with Gasteiger partial charge in [-0.15, -0.1) is 0 Å². The number of nitrogens with one attached hydrogen (secondary N) is 1. The van der Waals surface area contributed by atoms with E-state index in [0.29, 0.717) is 56.2 Å². The Hall–Kier alpha value is -4.62. The zero-order valence-corrected chi connectivity index (χ0v) is 24.5. The third-order valence-corrected chi connectivity index (χ3v) is 7.69. The van der Waals surface area contributed by atoms with Crippen molar-refractivity contribution in [2.24, 2.45) is 11.5 Å².